The number of amides is 2. The number of nitrogens with one attached hydrogen (secondary N) is 2. The molecule has 1 heterocycles. The molecule has 0 bridgehead atoms. The monoisotopic (exact) mass is 459 g/mol. The molecule has 3 rings (SSSR count). The quantitative estimate of drug-likeness (QED) is 0.631. The molecule has 1 aliphatic rings. The van der Waals surface area contributed by atoms with Crippen LogP contribution >= 0.6 is 0 Å². The number of benzene rings is 2. The van der Waals surface area contributed by atoms with Gasteiger partial charge in [0.15, 0.2) is 0 Å². The molecule has 2 unspecified atom stereocenters. The molecule has 8 nitrogen and oxygen atoms in total. The third kappa shape index (κ3) is 5.28. The molecule has 0 saturated carbocycles. The predicted octanol–water partition coefficient (Wildman–Crippen LogP) is 3.07. The van der Waals surface area contributed by atoms with Crippen molar-refractivity contribution in [2.75, 3.05) is 23.9 Å². The lowest BCUT2D eigenvalue weighted by molar-refractivity contribution is -0.122. The van der Waals surface area contributed by atoms with E-state index in [9.17, 15) is 18.0 Å². The zero-order valence-electron chi connectivity index (χ0n) is 18.7. The van der Waals surface area contributed by atoms with Crippen molar-refractivity contribution < 1.29 is 22.7 Å². The molecule has 2 atom stereocenters. The van der Waals surface area contributed by atoms with Crippen molar-refractivity contribution in [2.24, 2.45) is 5.92 Å². The summed E-state index contributed by atoms with van der Waals surface area (Å²) in [6, 6.07) is 11.4. The molecule has 2 aromatic carbocycles. The molecule has 2 N–H and O–H groups in total. The van der Waals surface area contributed by atoms with Crippen LogP contribution in [0.15, 0.2) is 47.4 Å². The zero-order valence-corrected chi connectivity index (χ0v) is 19.5. The van der Waals surface area contributed by atoms with E-state index in [2.05, 4.69) is 10.0 Å². The van der Waals surface area contributed by atoms with E-state index in [-0.39, 0.29) is 35.7 Å². The highest BCUT2D eigenvalue weighted by atomic mass is 32.2. The molecule has 2 aromatic rings. The second-order valence-electron chi connectivity index (χ2n) is 8.02. The standard InChI is InChI=1S/C23H29N3O5S/c1-5-16(3)25-32(29,30)19-9-7-18(8-10-19)24-23(28)17-13-22(27)26(14-17)20-12-15(2)6-11-21(20)31-4/h6-12,16-17,25H,5,13-14H2,1-4H3,(H,24,28). The normalized spacial score (nSPS) is 17.3. The average Bonchev–Trinajstić information content (AvgIpc) is 3.15. The van der Waals surface area contributed by atoms with Gasteiger partial charge in [-0.15, -0.1) is 0 Å². The average molecular weight is 460 g/mol. The van der Waals surface area contributed by atoms with E-state index in [1.54, 1.807) is 37.1 Å². The third-order valence-corrected chi connectivity index (χ3v) is 7.13. The lowest BCUT2D eigenvalue weighted by atomic mass is 10.1. The number of anilines is 2. The number of nitrogens with zero attached hydrogens (tertiary/aromatic N) is 1. The Kier molecular flexibility index (Phi) is 7.20. The molecular formula is C23H29N3O5S. The predicted molar refractivity (Wildman–Crippen MR) is 123 cm³/mol. The van der Waals surface area contributed by atoms with Gasteiger partial charge in [-0.3, -0.25) is 9.59 Å². The molecular weight excluding hydrogens is 430 g/mol. The molecule has 1 aliphatic heterocycles. The van der Waals surface area contributed by atoms with Gasteiger partial charge < -0.3 is 15.0 Å². The summed E-state index contributed by atoms with van der Waals surface area (Å²) in [5.74, 6) is -0.386. The Hall–Kier alpha value is -2.91. The Morgan fingerprint density at radius 3 is 2.53 bits per heavy atom. The van der Waals surface area contributed by atoms with Crippen LogP contribution in [-0.4, -0.2) is 39.9 Å². The zero-order chi connectivity index (χ0) is 23.5. The van der Waals surface area contributed by atoms with Gasteiger partial charge in [-0.1, -0.05) is 13.0 Å². The maximum absolute atomic E-state index is 12.8. The van der Waals surface area contributed by atoms with Gasteiger partial charge in [0.25, 0.3) is 0 Å². The highest BCUT2D eigenvalue weighted by molar-refractivity contribution is 7.89. The molecule has 0 spiro atoms. The summed E-state index contributed by atoms with van der Waals surface area (Å²) in [7, 11) is -2.07. The highest BCUT2D eigenvalue weighted by Gasteiger charge is 2.36. The summed E-state index contributed by atoms with van der Waals surface area (Å²) < 4.78 is 32.7. The largest absolute Gasteiger partial charge is 0.495 e. The lowest BCUT2D eigenvalue weighted by Gasteiger charge is -2.20. The van der Waals surface area contributed by atoms with Crippen LogP contribution in [0, 0.1) is 12.8 Å². The van der Waals surface area contributed by atoms with Crippen LogP contribution in [0.25, 0.3) is 0 Å². The summed E-state index contributed by atoms with van der Waals surface area (Å²) in [5, 5.41) is 2.78. The second-order valence-corrected chi connectivity index (χ2v) is 9.74. The molecule has 172 valence electrons. The van der Waals surface area contributed by atoms with Gasteiger partial charge in [0.1, 0.15) is 5.75 Å². The third-order valence-electron chi connectivity index (χ3n) is 5.52. The van der Waals surface area contributed by atoms with E-state index in [1.807, 2.05) is 26.0 Å². The smallest absolute Gasteiger partial charge is 0.240 e. The van der Waals surface area contributed by atoms with E-state index in [4.69, 9.17) is 4.74 Å². The summed E-state index contributed by atoms with van der Waals surface area (Å²) in [4.78, 5) is 27.1. The van der Waals surface area contributed by atoms with Crippen molar-refractivity contribution in [3.05, 3.63) is 48.0 Å². The van der Waals surface area contributed by atoms with Crippen LogP contribution in [-0.2, 0) is 19.6 Å². The molecule has 0 radical (unpaired) electrons. The van der Waals surface area contributed by atoms with Gasteiger partial charge in [0.05, 0.1) is 23.6 Å². The van der Waals surface area contributed by atoms with Crippen molar-refractivity contribution >= 4 is 33.2 Å². The fourth-order valence-corrected chi connectivity index (χ4v) is 4.83. The van der Waals surface area contributed by atoms with Crippen molar-refractivity contribution in [1.29, 1.82) is 0 Å². The van der Waals surface area contributed by atoms with Crippen molar-refractivity contribution in [3.63, 3.8) is 0 Å². The van der Waals surface area contributed by atoms with E-state index < -0.39 is 15.9 Å². The van der Waals surface area contributed by atoms with E-state index >= 15 is 0 Å². The number of hydrogen-bond acceptors (Lipinski definition) is 5. The van der Waals surface area contributed by atoms with Crippen LogP contribution in [0.5, 0.6) is 5.75 Å². The minimum Gasteiger partial charge on any atom is -0.495 e. The number of methoxy groups -OCH3 is 1. The molecule has 1 fully saturated rings. The van der Waals surface area contributed by atoms with E-state index in [0.717, 1.165) is 5.56 Å². The van der Waals surface area contributed by atoms with Gasteiger partial charge in [-0.25, -0.2) is 13.1 Å². The Labute approximate surface area is 189 Å². The Bertz CT molecular complexity index is 1100. The summed E-state index contributed by atoms with van der Waals surface area (Å²) >= 11 is 0. The number of carbonyl (C=O) groups is 2. The summed E-state index contributed by atoms with van der Waals surface area (Å²) in [5.41, 5.74) is 2.10. The van der Waals surface area contributed by atoms with Crippen LogP contribution < -0.4 is 19.7 Å². The van der Waals surface area contributed by atoms with E-state index in [1.165, 1.54) is 12.1 Å². The lowest BCUT2D eigenvalue weighted by Crippen LogP contribution is -2.32. The highest BCUT2D eigenvalue weighted by Crippen LogP contribution is 2.34. The number of hydrogen-bond donors (Lipinski definition) is 2. The van der Waals surface area contributed by atoms with Crippen LogP contribution in [0.3, 0.4) is 0 Å². The molecule has 0 aliphatic carbocycles. The van der Waals surface area contributed by atoms with Gasteiger partial charge in [0.2, 0.25) is 21.8 Å². The first-order valence-corrected chi connectivity index (χ1v) is 12.0. The van der Waals surface area contributed by atoms with Gasteiger partial charge in [-0.05, 0) is 62.2 Å². The molecule has 0 aromatic heterocycles. The number of rotatable bonds is 8. The molecule has 9 heteroatoms. The number of ether oxygens (including phenoxy) is 1. The van der Waals surface area contributed by atoms with Gasteiger partial charge in [-0.2, -0.15) is 0 Å². The fourth-order valence-electron chi connectivity index (χ4n) is 3.50. The first kappa shape index (κ1) is 23.7. The summed E-state index contributed by atoms with van der Waals surface area (Å²) in [6.07, 6.45) is 0.771. The maximum atomic E-state index is 12.8. The van der Waals surface area contributed by atoms with Crippen LogP contribution in [0.4, 0.5) is 11.4 Å². The molecule has 32 heavy (non-hydrogen) atoms. The van der Waals surface area contributed by atoms with E-state index in [0.29, 0.717) is 23.5 Å². The second kappa shape index (κ2) is 9.70. The number of sulfonamides is 1. The number of carbonyl (C=O) groups excluding carboxylic acids is 2. The first-order valence-electron chi connectivity index (χ1n) is 10.5. The Balaban J connectivity index is 1.68. The van der Waals surface area contributed by atoms with Crippen molar-refractivity contribution in [3.8, 4) is 5.75 Å². The van der Waals surface area contributed by atoms with Crippen LogP contribution in [0.1, 0.15) is 32.3 Å². The van der Waals surface area contributed by atoms with Crippen molar-refractivity contribution in [1.82, 2.24) is 4.72 Å². The van der Waals surface area contributed by atoms with Crippen LogP contribution in [0.2, 0.25) is 0 Å². The minimum atomic E-state index is -3.61. The maximum Gasteiger partial charge on any atom is 0.240 e. The molecule has 2 amide bonds. The topological polar surface area (TPSA) is 105 Å². The Morgan fingerprint density at radius 2 is 1.91 bits per heavy atom. The van der Waals surface area contributed by atoms with Gasteiger partial charge >= 0.3 is 0 Å². The number of aryl methyl sites for hydroxylation is 1. The van der Waals surface area contributed by atoms with Gasteiger partial charge in [0, 0.05) is 24.7 Å². The fraction of sp³-hybridized carbons (Fsp3) is 0.391. The van der Waals surface area contributed by atoms with Crippen molar-refractivity contribution in [2.45, 2.75) is 44.6 Å². The first-order chi connectivity index (χ1) is 15.1. The Morgan fingerprint density at radius 1 is 1.22 bits per heavy atom. The minimum absolute atomic E-state index is 0.0915. The molecule has 1 saturated heterocycles. The summed E-state index contributed by atoms with van der Waals surface area (Å²) in [6.45, 7) is 5.87. The SMILES string of the molecule is CCC(C)NS(=O)(=O)c1ccc(NC(=O)C2CC(=O)N(c3cc(C)ccc3OC)C2)cc1.